The molecule has 6 nitrogen and oxygen atoms in total. The van der Waals surface area contributed by atoms with Gasteiger partial charge in [0.15, 0.2) is 17.3 Å². The molecule has 3 N–H and O–H groups in total. The van der Waals surface area contributed by atoms with Crippen LogP contribution in [-0.2, 0) is 6.54 Å². The van der Waals surface area contributed by atoms with Gasteiger partial charge in [-0.1, -0.05) is 11.2 Å². The number of nitrogens with two attached hydrogens (primary N) is 1. The molecular formula is C12H19N3O3. The van der Waals surface area contributed by atoms with Gasteiger partial charge in [0, 0.05) is 6.54 Å². The Balaban J connectivity index is 2.73. The molecule has 6 heteroatoms. The molecule has 0 atom stereocenters. The Morgan fingerprint density at radius 1 is 1.33 bits per heavy atom. The Labute approximate surface area is 107 Å². The maximum atomic E-state index is 8.50. The first kappa shape index (κ1) is 14.1. The molecule has 18 heavy (non-hydrogen) atoms. The van der Waals surface area contributed by atoms with Crippen molar-refractivity contribution in [3.8, 4) is 11.5 Å². The van der Waals surface area contributed by atoms with E-state index < -0.39 is 0 Å². The summed E-state index contributed by atoms with van der Waals surface area (Å²) >= 11 is 0. The van der Waals surface area contributed by atoms with Crippen molar-refractivity contribution in [1.82, 2.24) is 4.90 Å². The van der Waals surface area contributed by atoms with Gasteiger partial charge in [-0.3, -0.25) is 4.90 Å². The number of likely N-dealkylation sites (N-methyl/N-ethyl adjacent to an activating group) is 1. The number of rotatable bonds is 6. The third-order valence-electron chi connectivity index (χ3n) is 2.46. The second kappa shape index (κ2) is 6.70. The zero-order valence-corrected chi connectivity index (χ0v) is 10.9. The molecule has 0 saturated heterocycles. The van der Waals surface area contributed by atoms with E-state index in [4.69, 9.17) is 20.4 Å². The van der Waals surface area contributed by atoms with E-state index in [9.17, 15) is 0 Å². The maximum absolute atomic E-state index is 8.50. The van der Waals surface area contributed by atoms with Crippen LogP contribution in [0.5, 0.6) is 11.5 Å². The average Bonchev–Trinajstić information content (AvgIpc) is 2.38. The number of amidine groups is 1. The van der Waals surface area contributed by atoms with Crippen molar-refractivity contribution in [1.29, 1.82) is 0 Å². The number of ether oxygens (including phenoxy) is 2. The van der Waals surface area contributed by atoms with Crippen LogP contribution < -0.4 is 15.2 Å². The highest BCUT2D eigenvalue weighted by Gasteiger charge is 2.07. The number of nitrogens with zero attached hydrogens (tertiary/aromatic N) is 2. The molecule has 0 unspecified atom stereocenters. The molecule has 0 saturated carbocycles. The van der Waals surface area contributed by atoms with Crippen LogP contribution in [0.2, 0.25) is 0 Å². The second-order valence-corrected chi connectivity index (χ2v) is 3.95. The molecule has 1 rings (SSSR count). The van der Waals surface area contributed by atoms with Crippen LogP contribution in [0.15, 0.2) is 23.4 Å². The predicted octanol–water partition coefficient (Wildman–Crippen LogP) is 0.882. The van der Waals surface area contributed by atoms with Crippen LogP contribution in [0.4, 0.5) is 0 Å². The number of oxime groups is 1. The molecule has 0 bridgehead atoms. The fourth-order valence-electron chi connectivity index (χ4n) is 1.65. The van der Waals surface area contributed by atoms with E-state index in [0.29, 0.717) is 24.6 Å². The minimum absolute atomic E-state index is 0.179. The summed E-state index contributed by atoms with van der Waals surface area (Å²) in [6.07, 6.45) is 0. The fraction of sp³-hybridized carbons (Fsp3) is 0.417. The monoisotopic (exact) mass is 253 g/mol. The van der Waals surface area contributed by atoms with Crippen molar-refractivity contribution in [2.24, 2.45) is 10.9 Å². The molecule has 1 aromatic carbocycles. The highest BCUT2D eigenvalue weighted by molar-refractivity contribution is 5.81. The molecule has 0 radical (unpaired) electrons. The SMILES string of the molecule is COc1ccc(CN(C)CC(N)=NO)cc1OC. The van der Waals surface area contributed by atoms with Crippen molar-refractivity contribution in [3.63, 3.8) is 0 Å². The molecule has 0 aliphatic heterocycles. The quantitative estimate of drug-likeness (QED) is 0.340. The summed E-state index contributed by atoms with van der Waals surface area (Å²) in [5, 5.41) is 11.4. The van der Waals surface area contributed by atoms with Gasteiger partial charge in [-0.15, -0.1) is 0 Å². The van der Waals surface area contributed by atoms with E-state index in [0.717, 1.165) is 5.56 Å². The van der Waals surface area contributed by atoms with Crippen LogP contribution >= 0.6 is 0 Å². The first-order valence-electron chi connectivity index (χ1n) is 5.46. The number of benzene rings is 1. The van der Waals surface area contributed by atoms with Gasteiger partial charge >= 0.3 is 0 Å². The molecule has 0 aromatic heterocycles. The highest BCUT2D eigenvalue weighted by atomic mass is 16.5. The van der Waals surface area contributed by atoms with E-state index in [1.165, 1.54) is 0 Å². The van der Waals surface area contributed by atoms with Crippen molar-refractivity contribution >= 4 is 5.84 Å². The zero-order chi connectivity index (χ0) is 13.5. The summed E-state index contributed by atoms with van der Waals surface area (Å²) in [5.74, 6) is 1.56. The molecule has 0 fully saturated rings. The standard InChI is InChI=1S/C12H19N3O3/c1-15(8-12(13)14-16)7-9-4-5-10(17-2)11(6-9)18-3/h4-6,16H,7-8H2,1-3H3,(H2,13,14). The third kappa shape index (κ3) is 3.81. The van der Waals surface area contributed by atoms with Gasteiger partial charge in [-0.05, 0) is 24.7 Å². The Bertz CT molecular complexity index is 421. The first-order chi connectivity index (χ1) is 8.60. The van der Waals surface area contributed by atoms with E-state index in [1.807, 2.05) is 30.1 Å². The minimum atomic E-state index is 0.179. The van der Waals surface area contributed by atoms with Crippen molar-refractivity contribution in [2.75, 3.05) is 27.8 Å². The summed E-state index contributed by atoms with van der Waals surface area (Å²) < 4.78 is 10.4. The van der Waals surface area contributed by atoms with Crippen LogP contribution in [0.1, 0.15) is 5.56 Å². The third-order valence-corrected chi connectivity index (χ3v) is 2.46. The van der Waals surface area contributed by atoms with Crippen LogP contribution in [0.3, 0.4) is 0 Å². The second-order valence-electron chi connectivity index (χ2n) is 3.95. The van der Waals surface area contributed by atoms with Crippen LogP contribution in [0, 0.1) is 0 Å². The highest BCUT2D eigenvalue weighted by Crippen LogP contribution is 2.27. The van der Waals surface area contributed by atoms with Crippen LogP contribution in [-0.4, -0.2) is 43.8 Å². The normalized spacial score (nSPS) is 11.7. The summed E-state index contributed by atoms with van der Waals surface area (Å²) in [7, 11) is 5.08. The largest absolute Gasteiger partial charge is 0.493 e. The lowest BCUT2D eigenvalue weighted by Crippen LogP contribution is -2.30. The van der Waals surface area contributed by atoms with Gasteiger partial charge < -0.3 is 20.4 Å². The van der Waals surface area contributed by atoms with Gasteiger partial charge in [-0.2, -0.15) is 0 Å². The van der Waals surface area contributed by atoms with E-state index in [2.05, 4.69) is 5.16 Å². The smallest absolute Gasteiger partial charge is 0.161 e. The first-order valence-corrected chi connectivity index (χ1v) is 5.46. The minimum Gasteiger partial charge on any atom is -0.493 e. The molecule has 0 aliphatic carbocycles. The average molecular weight is 253 g/mol. The lowest BCUT2D eigenvalue weighted by atomic mass is 10.2. The van der Waals surface area contributed by atoms with Gasteiger partial charge in [-0.25, -0.2) is 0 Å². The van der Waals surface area contributed by atoms with Crippen molar-refractivity contribution in [3.05, 3.63) is 23.8 Å². The lowest BCUT2D eigenvalue weighted by Gasteiger charge is -2.16. The molecule has 0 aliphatic rings. The summed E-state index contributed by atoms with van der Waals surface area (Å²) in [6.45, 7) is 1.06. The molecule has 0 amide bonds. The lowest BCUT2D eigenvalue weighted by molar-refractivity contribution is 0.308. The summed E-state index contributed by atoms with van der Waals surface area (Å²) in [5.41, 5.74) is 6.50. The van der Waals surface area contributed by atoms with Crippen LogP contribution in [0.25, 0.3) is 0 Å². The predicted molar refractivity (Wildman–Crippen MR) is 69.3 cm³/mol. The molecule has 1 aromatic rings. The Morgan fingerprint density at radius 2 is 2.00 bits per heavy atom. The molecule has 0 spiro atoms. The Kier molecular flexibility index (Phi) is 5.26. The molecule has 0 heterocycles. The Hall–Kier alpha value is -1.95. The van der Waals surface area contributed by atoms with Gasteiger partial charge in [0.05, 0.1) is 20.8 Å². The summed E-state index contributed by atoms with van der Waals surface area (Å²) in [6, 6.07) is 5.71. The van der Waals surface area contributed by atoms with Crippen molar-refractivity contribution in [2.45, 2.75) is 6.54 Å². The van der Waals surface area contributed by atoms with E-state index >= 15 is 0 Å². The zero-order valence-electron chi connectivity index (χ0n) is 10.9. The van der Waals surface area contributed by atoms with E-state index in [1.54, 1.807) is 14.2 Å². The molecular weight excluding hydrogens is 234 g/mol. The van der Waals surface area contributed by atoms with E-state index in [-0.39, 0.29) is 5.84 Å². The molecule has 100 valence electrons. The number of hydrogen-bond acceptors (Lipinski definition) is 5. The topological polar surface area (TPSA) is 80.3 Å². The fourth-order valence-corrected chi connectivity index (χ4v) is 1.65. The van der Waals surface area contributed by atoms with Gasteiger partial charge in [0.2, 0.25) is 0 Å². The Morgan fingerprint density at radius 3 is 2.56 bits per heavy atom. The van der Waals surface area contributed by atoms with Gasteiger partial charge in [0.25, 0.3) is 0 Å². The number of hydrogen-bond donors (Lipinski definition) is 2. The van der Waals surface area contributed by atoms with Gasteiger partial charge in [0.1, 0.15) is 0 Å². The maximum Gasteiger partial charge on any atom is 0.161 e. The summed E-state index contributed by atoms with van der Waals surface area (Å²) in [4.78, 5) is 1.93. The number of methoxy groups -OCH3 is 2. The van der Waals surface area contributed by atoms with Crippen molar-refractivity contribution < 1.29 is 14.7 Å².